The number of nitro benzene ring substituents is 1. The maximum absolute atomic E-state index is 12.5. The molecule has 4 rings (SSSR count). The number of rotatable bonds is 7. The van der Waals surface area contributed by atoms with Gasteiger partial charge in [-0.1, -0.05) is 54.6 Å². The fourth-order valence-corrected chi connectivity index (χ4v) is 3.45. The minimum atomic E-state index is -0.613. The minimum absolute atomic E-state index is 0.0886. The molecule has 0 fully saturated rings. The number of carbonyl (C=O) groups excluding carboxylic acids is 1. The molecule has 0 aliphatic heterocycles. The number of nitrogens with one attached hydrogen (secondary N) is 1. The van der Waals surface area contributed by atoms with Gasteiger partial charge in [-0.3, -0.25) is 14.9 Å². The maximum Gasteiger partial charge on any atom is 0.269 e. The van der Waals surface area contributed by atoms with Crippen LogP contribution in [0.15, 0.2) is 96.6 Å². The summed E-state index contributed by atoms with van der Waals surface area (Å²) in [5, 5.41) is 25.1. The van der Waals surface area contributed by atoms with Gasteiger partial charge in [-0.05, 0) is 52.2 Å². The van der Waals surface area contributed by atoms with E-state index in [0.717, 1.165) is 16.3 Å². The highest BCUT2D eigenvalue weighted by molar-refractivity contribution is 6.09. The second kappa shape index (κ2) is 10.1. The number of hydrogen-bond donors (Lipinski definition) is 1. The number of hydrogen-bond acceptors (Lipinski definition) is 5. The average Bonchev–Trinajstić information content (AvgIpc) is 2.86. The van der Waals surface area contributed by atoms with E-state index in [1.807, 2.05) is 36.4 Å². The molecule has 0 saturated carbocycles. The number of amides is 1. The lowest BCUT2D eigenvalue weighted by molar-refractivity contribution is -0.384. The lowest BCUT2D eigenvalue weighted by Crippen LogP contribution is -2.13. The third-order valence-electron chi connectivity index (χ3n) is 5.14. The SMILES string of the molecule is N#C/C(=C\c1cccc(OCc2cccc3ccccc23)c1)C(=O)Nc1ccc([N+](=O)[O-])cc1. The summed E-state index contributed by atoms with van der Waals surface area (Å²) < 4.78 is 5.97. The summed E-state index contributed by atoms with van der Waals surface area (Å²) in [7, 11) is 0. The van der Waals surface area contributed by atoms with Crippen molar-refractivity contribution in [3.63, 3.8) is 0 Å². The molecule has 4 aromatic rings. The van der Waals surface area contributed by atoms with Crippen LogP contribution in [0.5, 0.6) is 5.75 Å². The highest BCUT2D eigenvalue weighted by atomic mass is 16.6. The molecular formula is C27H19N3O4. The van der Waals surface area contributed by atoms with Gasteiger partial charge in [-0.15, -0.1) is 0 Å². The van der Waals surface area contributed by atoms with Crippen molar-refractivity contribution >= 4 is 34.1 Å². The lowest BCUT2D eigenvalue weighted by Gasteiger charge is -2.10. The molecule has 0 aliphatic rings. The summed E-state index contributed by atoms with van der Waals surface area (Å²) in [6.45, 7) is 0.375. The van der Waals surface area contributed by atoms with E-state index in [9.17, 15) is 20.2 Å². The van der Waals surface area contributed by atoms with Crippen molar-refractivity contribution in [1.29, 1.82) is 5.26 Å². The smallest absolute Gasteiger partial charge is 0.269 e. The van der Waals surface area contributed by atoms with Crippen LogP contribution in [-0.2, 0) is 11.4 Å². The number of ether oxygens (including phenoxy) is 1. The zero-order chi connectivity index (χ0) is 23.9. The van der Waals surface area contributed by atoms with Gasteiger partial charge in [-0.2, -0.15) is 5.26 Å². The molecule has 0 spiro atoms. The van der Waals surface area contributed by atoms with Gasteiger partial charge >= 0.3 is 0 Å². The molecule has 0 aromatic heterocycles. The van der Waals surface area contributed by atoms with Gasteiger partial charge in [0, 0.05) is 17.8 Å². The molecule has 0 radical (unpaired) electrons. The van der Waals surface area contributed by atoms with Crippen molar-refractivity contribution in [3.05, 3.63) is 118 Å². The number of benzene rings is 4. The maximum atomic E-state index is 12.5. The van der Waals surface area contributed by atoms with Crippen LogP contribution in [0.3, 0.4) is 0 Å². The predicted molar refractivity (Wildman–Crippen MR) is 130 cm³/mol. The van der Waals surface area contributed by atoms with Crippen LogP contribution >= 0.6 is 0 Å². The van der Waals surface area contributed by atoms with Crippen molar-refractivity contribution in [2.75, 3.05) is 5.32 Å². The Morgan fingerprint density at radius 3 is 2.50 bits per heavy atom. The van der Waals surface area contributed by atoms with Gasteiger partial charge in [0.2, 0.25) is 0 Å². The summed E-state index contributed by atoms with van der Waals surface area (Å²) in [4.78, 5) is 22.8. The second-order valence-electron chi connectivity index (χ2n) is 7.43. The molecule has 1 N–H and O–H groups in total. The monoisotopic (exact) mass is 449 g/mol. The summed E-state index contributed by atoms with van der Waals surface area (Å²) in [6.07, 6.45) is 1.46. The molecule has 0 aliphatic carbocycles. The molecule has 0 bridgehead atoms. The number of carbonyl (C=O) groups is 1. The third-order valence-corrected chi connectivity index (χ3v) is 5.14. The Morgan fingerprint density at radius 2 is 1.74 bits per heavy atom. The Morgan fingerprint density at radius 1 is 1.00 bits per heavy atom. The highest BCUT2D eigenvalue weighted by Gasteiger charge is 2.11. The molecule has 4 aromatic carbocycles. The van der Waals surface area contributed by atoms with Crippen LogP contribution in [0.25, 0.3) is 16.8 Å². The van der Waals surface area contributed by atoms with Gasteiger partial charge in [0.15, 0.2) is 0 Å². The van der Waals surface area contributed by atoms with Crippen molar-refractivity contribution in [2.24, 2.45) is 0 Å². The molecule has 0 atom stereocenters. The van der Waals surface area contributed by atoms with E-state index in [1.165, 1.54) is 30.3 Å². The Bertz CT molecular complexity index is 1430. The van der Waals surface area contributed by atoms with Crippen molar-refractivity contribution < 1.29 is 14.5 Å². The first-order chi connectivity index (χ1) is 16.5. The summed E-state index contributed by atoms with van der Waals surface area (Å²) in [5.41, 5.74) is 1.84. The van der Waals surface area contributed by atoms with E-state index in [4.69, 9.17) is 4.74 Å². The normalized spacial score (nSPS) is 11.0. The molecule has 7 heteroatoms. The van der Waals surface area contributed by atoms with Crippen LogP contribution in [0.2, 0.25) is 0 Å². The summed E-state index contributed by atoms with van der Waals surface area (Å²) >= 11 is 0. The first kappa shape index (κ1) is 22.2. The Hall–Kier alpha value is -4.96. The first-order valence-electron chi connectivity index (χ1n) is 10.4. The Kier molecular flexibility index (Phi) is 6.61. The zero-order valence-corrected chi connectivity index (χ0v) is 18.0. The van der Waals surface area contributed by atoms with Crippen molar-refractivity contribution in [2.45, 2.75) is 6.61 Å². The molecule has 1 amide bonds. The van der Waals surface area contributed by atoms with E-state index < -0.39 is 10.8 Å². The number of fused-ring (bicyclic) bond motifs is 1. The van der Waals surface area contributed by atoms with E-state index >= 15 is 0 Å². The fourth-order valence-electron chi connectivity index (χ4n) is 3.45. The van der Waals surface area contributed by atoms with Gasteiger partial charge in [-0.25, -0.2) is 0 Å². The van der Waals surface area contributed by atoms with Crippen LogP contribution < -0.4 is 10.1 Å². The molecule has 34 heavy (non-hydrogen) atoms. The van der Waals surface area contributed by atoms with E-state index in [2.05, 4.69) is 23.5 Å². The predicted octanol–water partition coefficient (Wildman–Crippen LogP) is 5.87. The van der Waals surface area contributed by atoms with Gasteiger partial charge in [0.25, 0.3) is 11.6 Å². The van der Waals surface area contributed by atoms with Gasteiger partial charge in [0.1, 0.15) is 24.0 Å². The van der Waals surface area contributed by atoms with Crippen molar-refractivity contribution in [1.82, 2.24) is 0 Å². The number of non-ortho nitro benzene ring substituents is 1. The molecule has 166 valence electrons. The average molecular weight is 449 g/mol. The summed E-state index contributed by atoms with van der Waals surface area (Å²) in [5.74, 6) is -0.00631. The molecular weight excluding hydrogens is 430 g/mol. The minimum Gasteiger partial charge on any atom is -0.489 e. The Balaban J connectivity index is 1.47. The number of nitro groups is 1. The molecule has 7 nitrogen and oxygen atoms in total. The number of nitrogens with zero attached hydrogens (tertiary/aromatic N) is 2. The standard InChI is InChI=1S/C27H19N3O4/c28-17-22(27(31)29-23-11-13-24(14-12-23)30(32)33)15-19-5-3-9-25(16-19)34-18-21-8-4-7-20-6-1-2-10-26(20)21/h1-16H,18H2,(H,29,31)/b22-15+. The zero-order valence-electron chi connectivity index (χ0n) is 18.0. The van der Waals surface area contributed by atoms with Crippen LogP contribution in [0.1, 0.15) is 11.1 Å². The Labute approximate surface area is 195 Å². The number of anilines is 1. The topological polar surface area (TPSA) is 105 Å². The highest BCUT2D eigenvalue weighted by Crippen LogP contribution is 2.22. The third kappa shape index (κ3) is 5.26. The van der Waals surface area contributed by atoms with Crippen molar-refractivity contribution in [3.8, 4) is 11.8 Å². The molecule has 0 unspecified atom stereocenters. The molecule has 0 saturated heterocycles. The lowest BCUT2D eigenvalue weighted by atomic mass is 10.1. The van der Waals surface area contributed by atoms with E-state index in [0.29, 0.717) is 23.6 Å². The van der Waals surface area contributed by atoms with Gasteiger partial charge in [0.05, 0.1) is 4.92 Å². The van der Waals surface area contributed by atoms with Crippen LogP contribution in [-0.4, -0.2) is 10.8 Å². The quantitative estimate of drug-likeness (QED) is 0.164. The fraction of sp³-hybridized carbons (Fsp3) is 0.0370. The largest absolute Gasteiger partial charge is 0.489 e. The molecule has 0 heterocycles. The van der Waals surface area contributed by atoms with Crippen LogP contribution in [0.4, 0.5) is 11.4 Å². The number of nitriles is 1. The van der Waals surface area contributed by atoms with Crippen LogP contribution in [0, 0.1) is 21.4 Å². The van der Waals surface area contributed by atoms with E-state index in [-0.39, 0.29) is 11.3 Å². The summed E-state index contributed by atoms with van der Waals surface area (Å²) in [6, 6.07) is 28.5. The second-order valence-corrected chi connectivity index (χ2v) is 7.43. The first-order valence-corrected chi connectivity index (χ1v) is 10.4. The van der Waals surface area contributed by atoms with Gasteiger partial charge < -0.3 is 10.1 Å². The van der Waals surface area contributed by atoms with E-state index in [1.54, 1.807) is 18.2 Å².